The molecule has 0 radical (unpaired) electrons. The molecule has 160 valence electrons. The molecule has 3 heterocycles. The van der Waals surface area contributed by atoms with E-state index in [1.807, 2.05) is 30.3 Å². The minimum absolute atomic E-state index is 0.0676. The third kappa shape index (κ3) is 3.07. The smallest absolute Gasteiger partial charge is 0.312 e. The van der Waals surface area contributed by atoms with Crippen LogP contribution in [-0.2, 0) is 4.79 Å². The lowest BCUT2D eigenvalue weighted by atomic mass is 9.85. The Hall–Kier alpha value is -4.45. The van der Waals surface area contributed by atoms with Crippen molar-refractivity contribution in [2.24, 2.45) is 0 Å². The summed E-state index contributed by atoms with van der Waals surface area (Å²) in [6.45, 7) is 0. The van der Waals surface area contributed by atoms with Gasteiger partial charge in [0.1, 0.15) is 17.1 Å². The largest absolute Gasteiger partial charge is 0.464 e. The number of hydrogen-bond acceptors (Lipinski definition) is 6. The van der Waals surface area contributed by atoms with E-state index in [4.69, 9.17) is 13.9 Å². The minimum atomic E-state index is -0.666. The Morgan fingerprint density at radius 2 is 1.64 bits per heavy atom. The summed E-state index contributed by atoms with van der Waals surface area (Å²) >= 11 is 0. The molecule has 4 aromatic rings. The maximum atomic E-state index is 13.3. The molecule has 0 amide bonds. The number of carbonyl (C=O) groups is 2. The summed E-state index contributed by atoms with van der Waals surface area (Å²) in [5, 5.41) is 0.421. The Bertz CT molecular complexity index is 1540. The van der Waals surface area contributed by atoms with E-state index in [0.717, 1.165) is 5.56 Å². The topological polar surface area (TPSA) is 82.8 Å². The van der Waals surface area contributed by atoms with Crippen molar-refractivity contribution < 1.29 is 23.5 Å². The predicted octanol–water partition coefficient (Wildman–Crippen LogP) is 4.85. The molecule has 33 heavy (non-hydrogen) atoms. The standard InChI is InChI=1S/C27H16O6/c28-23-13-18(19-14-31-20-9-5-4-8-16(20)25(19)29)24-21(32-23)11-10-17-26(30)22(33-27(17)24)12-15-6-2-1-3-7-15/h1-12,14,18H,13H2/b22-12-/t18-/m1/s1. The summed E-state index contributed by atoms with van der Waals surface area (Å²) in [4.78, 5) is 38.7. The van der Waals surface area contributed by atoms with Crippen LogP contribution in [0, 0.1) is 0 Å². The molecule has 0 fully saturated rings. The first-order valence-corrected chi connectivity index (χ1v) is 10.5. The fourth-order valence-electron chi connectivity index (χ4n) is 4.41. The third-order valence-corrected chi connectivity index (χ3v) is 5.96. The Morgan fingerprint density at radius 3 is 2.48 bits per heavy atom. The van der Waals surface area contributed by atoms with E-state index in [2.05, 4.69) is 0 Å². The van der Waals surface area contributed by atoms with Crippen LogP contribution >= 0.6 is 0 Å². The van der Waals surface area contributed by atoms with Crippen molar-refractivity contribution in [2.45, 2.75) is 12.3 Å². The molecule has 1 aromatic heterocycles. The van der Waals surface area contributed by atoms with Crippen LogP contribution in [0.1, 0.15) is 39.4 Å². The van der Waals surface area contributed by atoms with Crippen LogP contribution < -0.4 is 14.9 Å². The van der Waals surface area contributed by atoms with Crippen molar-refractivity contribution >= 4 is 28.8 Å². The SMILES string of the molecule is O=C1C[C@H](c2coc3ccccc3c2=O)c2c(ccc3c2O/C(=C\c2ccccc2)C3=O)O1. The first-order chi connectivity index (χ1) is 16.1. The number of allylic oxidation sites excluding steroid dienone is 1. The highest BCUT2D eigenvalue weighted by Gasteiger charge is 2.39. The van der Waals surface area contributed by atoms with Crippen molar-refractivity contribution in [1.82, 2.24) is 0 Å². The van der Waals surface area contributed by atoms with Crippen molar-refractivity contribution in [3.63, 3.8) is 0 Å². The number of hydrogen-bond donors (Lipinski definition) is 0. The van der Waals surface area contributed by atoms with E-state index in [0.29, 0.717) is 33.4 Å². The van der Waals surface area contributed by atoms with Crippen LogP contribution in [0.3, 0.4) is 0 Å². The summed E-state index contributed by atoms with van der Waals surface area (Å²) in [6, 6.07) is 19.5. The van der Waals surface area contributed by atoms with Gasteiger partial charge in [-0.25, -0.2) is 0 Å². The Balaban J connectivity index is 1.52. The molecule has 0 bridgehead atoms. The normalized spacial score (nSPS) is 18.1. The van der Waals surface area contributed by atoms with Gasteiger partial charge in [-0.3, -0.25) is 14.4 Å². The number of carbonyl (C=O) groups excluding carboxylic acids is 2. The van der Waals surface area contributed by atoms with Crippen LogP contribution in [0.25, 0.3) is 17.0 Å². The monoisotopic (exact) mass is 436 g/mol. The lowest BCUT2D eigenvalue weighted by molar-refractivity contribution is -0.135. The summed E-state index contributed by atoms with van der Waals surface area (Å²) in [5.41, 5.74) is 2.23. The second-order valence-corrected chi connectivity index (χ2v) is 7.95. The molecular weight excluding hydrogens is 420 g/mol. The van der Waals surface area contributed by atoms with E-state index in [9.17, 15) is 14.4 Å². The first-order valence-electron chi connectivity index (χ1n) is 10.5. The van der Waals surface area contributed by atoms with E-state index < -0.39 is 11.9 Å². The molecule has 0 unspecified atom stereocenters. The molecule has 3 aromatic carbocycles. The van der Waals surface area contributed by atoms with Crippen molar-refractivity contribution in [1.29, 1.82) is 0 Å². The Labute approximate surface area is 187 Å². The second kappa shape index (κ2) is 7.31. The van der Waals surface area contributed by atoms with Gasteiger partial charge in [0.05, 0.1) is 23.6 Å². The molecule has 2 aliphatic heterocycles. The lowest BCUT2D eigenvalue weighted by Gasteiger charge is -2.25. The quantitative estimate of drug-likeness (QED) is 0.254. The molecule has 2 aliphatic rings. The van der Waals surface area contributed by atoms with Crippen LogP contribution in [0.2, 0.25) is 0 Å². The number of esters is 1. The molecule has 6 rings (SSSR count). The Kier molecular flexibility index (Phi) is 4.26. The summed E-state index contributed by atoms with van der Waals surface area (Å²) in [5.74, 6) is -0.644. The van der Waals surface area contributed by atoms with Gasteiger partial charge in [0.15, 0.2) is 11.2 Å². The fraction of sp³-hybridized carbons (Fsp3) is 0.0741. The van der Waals surface area contributed by atoms with Crippen molar-refractivity contribution in [2.75, 3.05) is 0 Å². The summed E-state index contributed by atoms with van der Waals surface area (Å²) < 4.78 is 17.2. The van der Waals surface area contributed by atoms with E-state index >= 15 is 0 Å². The number of rotatable bonds is 2. The van der Waals surface area contributed by atoms with Crippen LogP contribution in [0.15, 0.2) is 88.0 Å². The zero-order valence-corrected chi connectivity index (χ0v) is 17.2. The highest BCUT2D eigenvalue weighted by atomic mass is 16.5. The number of ether oxygens (including phenoxy) is 2. The van der Waals surface area contributed by atoms with Gasteiger partial charge in [0, 0.05) is 17.0 Å². The number of ketones is 1. The molecule has 0 spiro atoms. The molecule has 1 atom stereocenters. The fourth-order valence-corrected chi connectivity index (χ4v) is 4.41. The predicted molar refractivity (Wildman–Crippen MR) is 120 cm³/mol. The molecule has 0 N–H and O–H groups in total. The van der Waals surface area contributed by atoms with Gasteiger partial charge < -0.3 is 13.9 Å². The Morgan fingerprint density at radius 1 is 0.848 bits per heavy atom. The molecule has 0 saturated heterocycles. The van der Waals surface area contributed by atoms with Gasteiger partial charge in [-0.15, -0.1) is 0 Å². The lowest BCUT2D eigenvalue weighted by Crippen LogP contribution is -2.25. The maximum Gasteiger partial charge on any atom is 0.312 e. The number of fused-ring (bicyclic) bond motifs is 4. The summed E-state index contributed by atoms with van der Waals surface area (Å²) in [7, 11) is 0. The maximum absolute atomic E-state index is 13.3. The van der Waals surface area contributed by atoms with Gasteiger partial charge in [-0.2, -0.15) is 0 Å². The van der Waals surface area contributed by atoms with Crippen molar-refractivity contribution in [3.05, 3.63) is 111 Å². The number of benzene rings is 3. The van der Waals surface area contributed by atoms with Crippen molar-refractivity contribution in [3.8, 4) is 11.5 Å². The zero-order valence-electron chi connectivity index (χ0n) is 17.2. The minimum Gasteiger partial charge on any atom is -0.464 e. The first kappa shape index (κ1) is 19.3. The summed E-state index contributed by atoms with van der Waals surface area (Å²) in [6.07, 6.45) is 2.99. The molecule has 0 saturated carbocycles. The average Bonchev–Trinajstić information content (AvgIpc) is 3.14. The molecular formula is C27H16O6. The molecule has 6 nitrogen and oxygen atoms in total. The second-order valence-electron chi connectivity index (χ2n) is 7.95. The van der Waals surface area contributed by atoms with Crippen LogP contribution in [0.5, 0.6) is 11.5 Å². The van der Waals surface area contributed by atoms with E-state index in [1.54, 1.807) is 42.5 Å². The highest BCUT2D eigenvalue weighted by Crippen LogP contribution is 2.48. The average molecular weight is 436 g/mol. The molecule has 0 aliphatic carbocycles. The van der Waals surface area contributed by atoms with Gasteiger partial charge in [0.2, 0.25) is 5.78 Å². The number of Topliss-reactive ketones (excluding diaryl/α,β-unsaturated/α-hetero) is 1. The van der Waals surface area contributed by atoms with Gasteiger partial charge in [-0.05, 0) is 35.9 Å². The van der Waals surface area contributed by atoms with E-state index in [1.165, 1.54) is 6.26 Å². The number of para-hydroxylation sites is 1. The van der Waals surface area contributed by atoms with Gasteiger partial charge in [0.25, 0.3) is 0 Å². The van der Waals surface area contributed by atoms with E-state index in [-0.39, 0.29) is 29.1 Å². The van der Waals surface area contributed by atoms with Crippen LogP contribution in [0.4, 0.5) is 0 Å². The molecule has 6 heteroatoms. The highest BCUT2D eigenvalue weighted by molar-refractivity contribution is 6.15. The third-order valence-electron chi connectivity index (χ3n) is 5.96. The van der Waals surface area contributed by atoms with Crippen LogP contribution in [-0.4, -0.2) is 11.8 Å². The van der Waals surface area contributed by atoms with Gasteiger partial charge in [-0.1, -0.05) is 42.5 Å². The zero-order chi connectivity index (χ0) is 22.5. The van der Waals surface area contributed by atoms with Gasteiger partial charge >= 0.3 is 5.97 Å².